The van der Waals surface area contributed by atoms with Crippen molar-refractivity contribution in [3.8, 4) is 11.5 Å². The Labute approximate surface area is 318 Å². The smallest absolute Gasteiger partial charge is 0.246 e. The van der Waals surface area contributed by atoms with Gasteiger partial charge in [-0.1, -0.05) is 34.1 Å². The van der Waals surface area contributed by atoms with E-state index in [0.29, 0.717) is 45.4 Å². The minimum Gasteiger partial charge on any atom is -0.352 e. The molecule has 6 atom stereocenters. The van der Waals surface area contributed by atoms with E-state index in [1.54, 1.807) is 31.1 Å². The number of likely N-dealkylation sites (tertiary alicyclic amines) is 2. The Balaban J connectivity index is 1.44. The van der Waals surface area contributed by atoms with Crippen LogP contribution in [0.2, 0.25) is 0 Å². The van der Waals surface area contributed by atoms with E-state index in [2.05, 4.69) is 20.9 Å². The molecule has 0 radical (unpaired) electrons. The van der Waals surface area contributed by atoms with E-state index in [1.807, 2.05) is 32.3 Å². The number of aromatic nitrogens is 3. The molecular formula is C40H52F4N8O3. The van der Waals surface area contributed by atoms with Crippen molar-refractivity contribution < 1.29 is 31.9 Å². The predicted molar refractivity (Wildman–Crippen MR) is 204 cm³/mol. The summed E-state index contributed by atoms with van der Waals surface area (Å²) in [4.78, 5) is 51.9. The summed E-state index contributed by atoms with van der Waals surface area (Å²) in [5, 5.41) is 9.33. The van der Waals surface area contributed by atoms with Gasteiger partial charge in [0.1, 0.15) is 30.0 Å². The van der Waals surface area contributed by atoms with Gasteiger partial charge in [0.15, 0.2) is 5.82 Å². The Morgan fingerprint density at radius 2 is 1.60 bits per heavy atom. The van der Waals surface area contributed by atoms with Gasteiger partial charge in [-0.25, -0.2) is 22.5 Å². The van der Waals surface area contributed by atoms with E-state index < -0.39 is 59.5 Å². The summed E-state index contributed by atoms with van der Waals surface area (Å²) in [5.41, 5.74) is 1.72. The van der Waals surface area contributed by atoms with Crippen LogP contribution in [0.4, 0.5) is 17.6 Å². The molecule has 55 heavy (non-hydrogen) atoms. The number of nitrogens with one attached hydrogen (secondary N) is 4. The molecule has 15 heteroatoms. The Morgan fingerprint density at radius 1 is 0.945 bits per heavy atom. The number of hydrogen-bond acceptors (Lipinski definition) is 6. The molecule has 0 bridgehead atoms. The lowest BCUT2D eigenvalue weighted by atomic mass is 9.85. The minimum absolute atomic E-state index is 0.000278. The number of halogens is 4. The number of hydrogen-bond donors (Lipinski definition) is 4. The number of alkyl halides is 2. The SMILES string of the molecule is CCCC(NC)C(=O)N1CC(F)CC1Cc1c(-c2nc3cc(F)ccc3n2CC2CC(F)CN2C(=O)C(NC(=O)CNC)C(C)(C)C)[nH]c2cc(F)ccc12. The van der Waals surface area contributed by atoms with Crippen molar-refractivity contribution in [2.75, 3.05) is 33.7 Å². The molecule has 2 aromatic carbocycles. The number of benzene rings is 2. The summed E-state index contributed by atoms with van der Waals surface area (Å²) < 4.78 is 61.8. The Bertz CT molecular complexity index is 2040. The van der Waals surface area contributed by atoms with Crippen molar-refractivity contribution in [3.63, 3.8) is 0 Å². The Hall–Kier alpha value is -4.50. The molecule has 0 saturated carbocycles. The van der Waals surface area contributed by atoms with Gasteiger partial charge >= 0.3 is 0 Å². The maximum atomic E-state index is 15.4. The largest absolute Gasteiger partial charge is 0.352 e. The standard InChI is InChI=1S/C40H52F4N8O3/c1-7-8-30(46-6)38(54)50-19-24(43)13-26(50)17-29-28-11-9-22(41)15-31(28)47-35(29)37-48-32-16-23(42)10-12-33(32)52(37)21-27-14-25(44)20-51(27)39(55)36(40(2,3)4)49-34(53)18-45-5/h9-12,15-16,24-27,30,36,45-47H,7-8,13-14,17-21H2,1-6H3,(H,49,53). The van der Waals surface area contributed by atoms with Crippen molar-refractivity contribution in [1.29, 1.82) is 0 Å². The molecule has 3 amide bonds. The van der Waals surface area contributed by atoms with Crippen molar-refractivity contribution in [3.05, 3.63) is 53.6 Å². The zero-order chi connectivity index (χ0) is 39.8. The summed E-state index contributed by atoms with van der Waals surface area (Å²) in [6.45, 7) is 7.31. The third-order valence-corrected chi connectivity index (χ3v) is 10.9. The van der Waals surface area contributed by atoms with Crippen LogP contribution in [-0.4, -0.2) is 112 Å². The molecule has 2 aliphatic heterocycles. The number of likely N-dealkylation sites (N-methyl/N-ethyl adjacent to an activating group) is 2. The van der Waals surface area contributed by atoms with Gasteiger partial charge in [0.2, 0.25) is 17.7 Å². The number of nitrogens with zero attached hydrogens (tertiary/aromatic N) is 4. The summed E-state index contributed by atoms with van der Waals surface area (Å²) in [5.74, 6) is -1.64. The van der Waals surface area contributed by atoms with Crippen molar-refractivity contribution in [1.82, 2.24) is 40.3 Å². The van der Waals surface area contributed by atoms with Crippen molar-refractivity contribution in [2.45, 2.75) is 103 Å². The molecule has 2 aromatic heterocycles. The number of amides is 3. The third-order valence-electron chi connectivity index (χ3n) is 10.9. The molecule has 4 aromatic rings. The number of H-pyrrole nitrogens is 1. The first-order valence-corrected chi connectivity index (χ1v) is 19.1. The highest BCUT2D eigenvalue weighted by Crippen LogP contribution is 2.37. The van der Waals surface area contributed by atoms with E-state index in [9.17, 15) is 23.2 Å². The minimum atomic E-state index is -1.33. The molecule has 298 valence electrons. The molecule has 4 N–H and O–H groups in total. The van der Waals surface area contributed by atoms with E-state index in [1.165, 1.54) is 29.2 Å². The topological polar surface area (TPSA) is 127 Å². The molecule has 0 aliphatic carbocycles. The van der Waals surface area contributed by atoms with Crippen LogP contribution in [0.5, 0.6) is 0 Å². The lowest BCUT2D eigenvalue weighted by Gasteiger charge is -2.36. The average Bonchev–Trinajstić information content (AvgIpc) is 3.88. The second-order valence-corrected chi connectivity index (χ2v) is 16.0. The number of carbonyl (C=O) groups is 3. The van der Waals surface area contributed by atoms with Crippen molar-refractivity contribution in [2.24, 2.45) is 5.41 Å². The average molecular weight is 769 g/mol. The van der Waals surface area contributed by atoms with Gasteiger partial charge in [-0.15, -0.1) is 0 Å². The molecule has 0 spiro atoms. The summed E-state index contributed by atoms with van der Waals surface area (Å²) in [6.07, 6.45) is -0.872. The Morgan fingerprint density at radius 3 is 2.25 bits per heavy atom. The van der Waals surface area contributed by atoms with E-state index in [0.717, 1.165) is 6.42 Å². The highest BCUT2D eigenvalue weighted by molar-refractivity contribution is 5.92. The fraction of sp³-hybridized carbons (Fsp3) is 0.550. The van der Waals surface area contributed by atoms with Crippen LogP contribution in [0.25, 0.3) is 33.5 Å². The van der Waals surface area contributed by atoms with E-state index in [-0.39, 0.29) is 57.3 Å². The number of aromatic amines is 1. The van der Waals surface area contributed by atoms with Gasteiger partial charge in [-0.2, -0.15) is 0 Å². The third kappa shape index (κ3) is 8.37. The molecule has 4 heterocycles. The molecule has 2 aliphatic rings. The van der Waals surface area contributed by atoms with Crippen LogP contribution in [0, 0.1) is 17.0 Å². The number of rotatable bonds is 13. The van der Waals surface area contributed by atoms with Crippen LogP contribution >= 0.6 is 0 Å². The van der Waals surface area contributed by atoms with Crippen molar-refractivity contribution >= 4 is 39.7 Å². The summed E-state index contributed by atoms with van der Waals surface area (Å²) in [6, 6.07) is 5.87. The maximum Gasteiger partial charge on any atom is 0.246 e. The second kappa shape index (κ2) is 16.3. The van der Waals surface area contributed by atoms with E-state index >= 15 is 8.78 Å². The lowest BCUT2D eigenvalue weighted by Crippen LogP contribution is -2.57. The molecular weight excluding hydrogens is 716 g/mol. The Kier molecular flexibility index (Phi) is 11.9. The van der Waals surface area contributed by atoms with Crippen LogP contribution < -0.4 is 16.0 Å². The van der Waals surface area contributed by atoms with Crippen LogP contribution in [-0.2, 0) is 27.3 Å². The molecule has 11 nitrogen and oxygen atoms in total. The zero-order valence-corrected chi connectivity index (χ0v) is 32.3. The zero-order valence-electron chi connectivity index (χ0n) is 32.3. The van der Waals surface area contributed by atoms with E-state index in [4.69, 9.17) is 4.98 Å². The number of carbonyl (C=O) groups excluding carboxylic acids is 3. The molecule has 2 saturated heterocycles. The molecule has 2 fully saturated rings. The first-order valence-electron chi connectivity index (χ1n) is 19.1. The maximum absolute atomic E-state index is 15.4. The van der Waals surface area contributed by atoms with Gasteiger partial charge < -0.3 is 35.3 Å². The monoisotopic (exact) mass is 768 g/mol. The van der Waals surface area contributed by atoms with Crippen LogP contribution in [0.3, 0.4) is 0 Å². The fourth-order valence-electron chi connectivity index (χ4n) is 8.25. The van der Waals surface area contributed by atoms with Crippen LogP contribution in [0.1, 0.15) is 58.9 Å². The highest BCUT2D eigenvalue weighted by Gasteiger charge is 2.43. The first kappa shape index (κ1) is 40.2. The molecule has 6 unspecified atom stereocenters. The fourth-order valence-corrected chi connectivity index (χ4v) is 8.25. The van der Waals surface area contributed by atoms with Gasteiger partial charge in [-0.3, -0.25) is 14.4 Å². The highest BCUT2D eigenvalue weighted by atomic mass is 19.1. The summed E-state index contributed by atoms with van der Waals surface area (Å²) in [7, 11) is 3.34. The normalized spacial score (nSPS) is 21.5. The lowest BCUT2D eigenvalue weighted by molar-refractivity contribution is -0.140. The van der Waals surface area contributed by atoms with Crippen LogP contribution in [0.15, 0.2) is 36.4 Å². The first-order chi connectivity index (χ1) is 26.1. The van der Waals surface area contributed by atoms with Gasteiger partial charge in [-0.05, 0) is 68.2 Å². The molecule has 6 rings (SSSR count). The number of imidazole rings is 1. The van der Waals surface area contributed by atoms with Gasteiger partial charge in [0.25, 0.3) is 0 Å². The summed E-state index contributed by atoms with van der Waals surface area (Å²) >= 11 is 0. The quantitative estimate of drug-likeness (QED) is 0.142. The number of fused-ring (bicyclic) bond motifs is 2. The van der Waals surface area contributed by atoms with Gasteiger partial charge in [0, 0.05) is 42.4 Å². The second-order valence-electron chi connectivity index (χ2n) is 16.0. The van der Waals surface area contributed by atoms with Gasteiger partial charge in [0.05, 0.1) is 48.4 Å². The predicted octanol–water partition coefficient (Wildman–Crippen LogP) is 5.02.